The molecule has 1 amide bonds. The zero-order valence-electron chi connectivity index (χ0n) is 36.5. The van der Waals surface area contributed by atoms with E-state index in [-0.39, 0.29) is 31.2 Å². The molecule has 3 atom stereocenters. The number of likely N-dealkylation sites (N-methyl/N-ethyl adjacent to an activating group) is 1. The van der Waals surface area contributed by atoms with E-state index in [4.69, 9.17) is 9.05 Å². The molecule has 0 radical (unpaired) electrons. The molecule has 0 heterocycles. The number of anilines is 1. The molecule has 0 saturated carbocycles. The van der Waals surface area contributed by atoms with Crippen molar-refractivity contribution < 1.29 is 47.7 Å². The summed E-state index contributed by atoms with van der Waals surface area (Å²) >= 11 is 0. The zero-order valence-corrected chi connectivity index (χ0v) is 37.4. The van der Waals surface area contributed by atoms with Gasteiger partial charge in [-0.15, -0.1) is 0 Å². The van der Waals surface area contributed by atoms with Gasteiger partial charge < -0.3 is 34.2 Å². The first-order valence-electron chi connectivity index (χ1n) is 21.9. The van der Waals surface area contributed by atoms with Gasteiger partial charge in [-0.3, -0.25) is 39.7 Å². The van der Waals surface area contributed by atoms with Gasteiger partial charge in [0.1, 0.15) is 13.2 Å². The van der Waals surface area contributed by atoms with E-state index in [1.54, 1.807) is 6.08 Å². The highest BCUT2D eigenvalue weighted by atomic mass is 31.2. The molecule has 0 aliphatic rings. The normalized spacial score (nSPS) is 13.8. The van der Waals surface area contributed by atoms with Crippen LogP contribution in [0, 0.1) is 30.3 Å². The van der Waals surface area contributed by atoms with Crippen LogP contribution in [0.3, 0.4) is 0 Å². The Morgan fingerprint density at radius 1 is 0.767 bits per heavy atom. The second kappa shape index (κ2) is 31.3. The molecule has 344 valence electrons. The number of phosphoric ester groups is 1. The summed E-state index contributed by atoms with van der Waals surface area (Å²) in [5.74, 6) is -0.314. The highest BCUT2D eigenvalue weighted by Gasteiger charge is 2.30. The van der Waals surface area contributed by atoms with E-state index in [0.717, 1.165) is 64.2 Å². The van der Waals surface area contributed by atoms with Crippen molar-refractivity contribution in [1.82, 2.24) is 5.32 Å². The van der Waals surface area contributed by atoms with Crippen LogP contribution in [0.4, 0.5) is 22.7 Å². The number of hydrogen-bond acceptors (Lipinski definition) is 13. The molecule has 0 fully saturated rings. The van der Waals surface area contributed by atoms with Crippen LogP contribution in [0.1, 0.15) is 148 Å². The van der Waals surface area contributed by atoms with Crippen molar-refractivity contribution >= 4 is 36.5 Å². The number of aliphatic hydroxyl groups is 1. The Labute approximate surface area is 356 Å². The van der Waals surface area contributed by atoms with Crippen LogP contribution >= 0.6 is 7.82 Å². The van der Waals surface area contributed by atoms with E-state index in [1.807, 2.05) is 27.2 Å². The maximum absolute atomic E-state index is 12.9. The molecule has 3 unspecified atom stereocenters. The number of quaternary nitrogens is 1. The first kappa shape index (κ1) is 54.5. The Kier molecular flexibility index (Phi) is 28.4. The molecule has 18 nitrogen and oxygen atoms in total. The minimum absolute atomic E-state index is 0.0602. The summed E-state index contributed by atoms with van der Waals surface area (Å²) in [5.41, 5.74) is -2.52. The van der Waals surface area contributed by atoms with E-state index >= 15 is 0 Å². The fourth-order valence-corrected chi connectivity index (χ4v) is 7.19. The summed E-state index contributed by atoms with van der Waals surface area (Å²) in [7, 11) is 1.05. The quantitative estimate of drug-likeness (QED) is 0.0140. The molecule has 1 aromatic carbocycles. The Morgan fingerprint density at radius 3 is 1.73 bits per heavy atom. The molecule has 1 rings (SSSR count). The second-order valence-corrected chi connectivity index (χ2v) is 17.9. The van der Waals surface area contributed by atoms with Crippen LogP contribution in [0.15, 0.2) is 24.3 Å². The lowest BCUT2D eigenvalue weighted by Crippen LogP contribution is -2.45. The van der Waals surface area contributed by atoms with E-state index in [2.05, 4.69) is 17.6 Å². The van der Waals surface area contributed by atoms with E-state index in [9.17, 15) is 49.7 Å². The van der Waals surface area contributed by atoms with Crippen LogP contribution in [0.5, 0.6) is 0 Å². The number of rotatable bonds is 38. The van der Waals surface area contributed by atoms with Gasteiger partial charge in [-0.05, 0) is 25.7 Å². The fourth-order valence-electron chi connectivity index (χ4n) is 6.47. The Hall–Kier alpha value is -3.54. The molecule has 60 heavy (non-hydrogen) atoms. The number of amides is 1. The second-order valence-electron chi connectivity index (χ2n) is 16.5. The molecule has 3 N–H and O–H groups in total. The summed E-state index contributed by atoms with van der Waals surface area (Å²) in [5, 5.41) is 50.3. The summed E-state index contributed by atoms with van der Waals surface area (Å²) in [6.45, 7) is 2.37. The molecule has 19 heteroatoms. The monoisotopic (exact) mass is 873 g/mol. The predicted molar refractivity (Wildman–Crippen MR) is 232 cm³/mol. The number of nitro benzene ring substituents is 3. The van der Waals surface area contributed by atoms with Gasteiger partial charge >= 0.3 is 11.4 Å². The summed E-state index contributed by atoms with van der Waals surface area (Å²) in [4.78, 5) is 56.6. The maximum atomic E-state index is 12.9. The van der Waals surface area contributed by atoms with E-state index in [1.165, 1.54) is 57.8 Å². The minimum Gasteiger partial charge on any atom is -0.756 e. The Morgan fingerprint density at radius 2 is 1.25 bits per heavy atom. The number of phosphoric acid groups is 1. The average molecular weight is 873 g/mol. The van der Waals surface area contributed by atoms with Crippen molar-refractivity contribution in [3.05, 3.63) is 54.6 Å². The van der Waals surface area contributed by atoms with Crippen LogP contribution < -0.4 is 15.5 Å². The topological polar surface area (TPSA) is 249 Å². The number of nitrogens with one attached hydrogen (secondary N) is 2. The SMILES string of the molecule is CCCCCCCCCCCCCC=CC(O)C(COP(=O)([O-])OCC[N+](C)(C)C)NC(=O)CCCCCCCCCCCNc1c([N+](=O)[O-])cc([N+](=O)[O-])cc1[N+](=O)[O-]. The maximum Gasteiger partial charge on any atom is 0.306 e. The van der Waals surface area contributed by atoms with Crippen molar-refractivity contribution in [3.8, 4) is 0 Å². The van der Waals surface area contributed by atoms with Crippen LogP contribution in [-0.2, 0) is 18.4 Å². The zero-order chi connectivity index (χ0) is 44.8. The average Bonchev–Trinajstić information content (AvgIpc) is 3.17. The third-order valence-corrected chi connectivity index (χ3v) is 11.0. The van der Waals surface area contributed by atoms with Crippen molar-refractivity contribution in [2.45, 2.75) is 160 Å². The number of carbonyl (C=O) groups is 1. The smallest absolute Gasteiger partial charge is 0.306 e. The van der Waals surface area contributed by atoms with Crippen molar-refractivity contribution in [2.24, 2.45) is 0 Å². The van der Waals surface area contributed by atoms with Crippen LogP contribution in [-0.4, -0.2) is 89.9 Å². The molecule has 0 aromatic heterocycles. The Balaban J connectivity index is 2.44. The minimum atomic E-state index is -4.66. The number of allylic oxidation sites excluding steroid dienone is 1. The van der Waals surface area contributed by atoms with Gasteiger partial charge in [-0.25, -0.2) is 0 Å². The third kappa shape index (κ3) is 26.6. The standard InChI is InChI=1S/C41H73N6O12P/c1-5-6-7-8-9-10-11-12-13-15-18-21-24-27-39(48)36(34-59-60(56,57)58-31-30-47(2,3)4)43-40(49)28-25-22-19-16-14-17-20-23-26-29-42-41-37(45(52)53)32-35(44(50)51)33-38(41)46(54)55/h24,27,32-33,36,39,42,48H,5-23,25-26,28-31,34H2,1-4H3,(H-,43,49,56,57). The van der Waals surface area contributed by atoms with Crippen molar-refractivity contribution in [1.29, 1.82) is 0 Å². The van der Waals surface area contributed by atoms with E-state index in [0.29, 0.717) is 36.0 Å². The largest absolute Gasteiger partial charge is 0.756 e. The van der Waals surface area contributed by atoms with Gasteiger partial charge in [0.25, 0.3) is 13.5 Å². The number of unbranched alkanes of at least 4 members (excludes halogenated alkanes) is 19. The van der Waals surface area contributed by atoms with Crippen molar-refractivity contribution in [3.63, 3.8) is 0 Å². The first-order chi connectivity index (χ1) is 28.5. The van der Waals surface area contributed by atoms with Crippen LogP contribution in [0.25, 0.3) is 0 Å². The molecule has 0 spiro atoms. The van der Waals surface area contributed by atoms with Gasteiger partial charge in [0, 0.05) is 13.0 Å². The summed E-state index contributed by atoms with van der Waals surface area (Å²) in [6.07, 6.45) is 24.3. The summed E-state index contributed by atoms with van der Waals surface area (Å²) < 4.78 is 23.1. The molecule has 0 aliphatic heterocycles. The van der Waals surface area contributed by atoms with Gasteiger partial charge in [-0.1, -0.05) is 128 Å². The van der Waals surface area contributed by atoms with Crippen molar-refractivity contribution in [2.75, 3.05) is 52.8 Å². The predicted octanol–water partition coefficient (Wildman–Crippen LogP) is 9.03. The van der Waals surface area contributed by atoms with Crippen LogP contribution in [0.2, 0.25) is 0 Å². The summed E-state index contributed by atoms with van der Waals surface area (Å²) in [6, 6.07) is 0.434. The molecule has 0 bridgehead atoms. The molecular weight excluding hydrogens is 799 g/mol. The van der Waals surface area contributed by atoms with Gasteiger partial charge in [0.2, 0.25) is 5.91 Å². The third-order valence-electron chi connectivity index (χ3n) is 10.1. The molecule has 0 saturated heterocycles. The highest BCUT2D eigenvalue weighted by Crippen LogP contribution is 2.39. The fraction of sp³-hybridized carbons (Fsp3) is 0.780. The lowest BCUT2D eigenvalue weighted by atomic mass is 10.0. The number of non-ortho nitro benzene ring substituents is 1. The number of nitrogens with zero attached hydrogens (tertiary/aromatic N) is 4. The van der Waals surface area contributed by atoms with Gasteiger partial charge in [0.15, 0.2) is 5.69 Å². The first-order valence-corrected chi connectivity index (χ1v) is 23.3. The molecule has 1 aromatic rings. The lowest BCUT2D eigenvalue weighted by Gasteiger charge is -2.29. The lowest BCUT2D eigenvalue weighted by molar-refractivity contribution is -0.870. The van der Waals surface area contributed by atoms with Gasteiger partial charge in [-0.2, -0.15) is 0 Å². The molecular formula is C41H73N6O12P. The number of nitro groups is 3. The van der Waals surface area contributed by atoms with Gasteiger partial charge in [0.05, 0.1) is 66.8 Å². The number of aliphatic hydroxyl groups excluding tert-OH is 1. The Bertz CT molecular complexity index is 1460. The number of hydrogen-bond donors (Lipinski definition) is 3. The highest BCUT2D eigenvalue weighted by molar-refractivity contribution is 7.45. The number of benzene rings is 1. The number of carbonyl (C=O) groups excluding carboxylic acids is 1. The molecule has 0 aliphatic carbocycles. The van der Waals surface area contributed by atoms with E-state index < -0.39 is 58.4 Å².